The number of anilines is 1. The Bertz CT molecular complexity index is 484. The molecule has 0 spiro atoms. The maximum Gasteiger partial charge on any atom is 0.309 e. The van der Waals surface area contributed by atoms with Crippen LogP contribution in [0.3, 0.4) is 0 Å². The molecule has 2 N–H and O–H groups in total. The van der Waals surface area contributed by atoms with Crippen molar-refractivity contribution in [3.8, 4) is 0 Å². The molecule has 1 aromatic carbocycles. The molecule has 1 fully saturated rings. The van der Waals surface area contributed by atoms with Crippen molar-refractivity contribution in [3.05, 3.63) is 29.8 Å². The quantitative estimate of drug-likeness (QED) is 0.640. The van der Waals surface area contributed by atoms with Gasteiger partial charge in [0.2, 0.25) is 0 Å². The maximum atomic E-state index is 11.2. The highest BCUT2D eigenvalue weighted by Gasteiger charge is 2.15. The minimum Gasteiger partial charge on any atom is -0.469 e. The summed E-state index contributed by atoms with van der Waals surface area (Å²) in [6.45, 7) is 1.57. The van der Waals surface area contributed by atoms with E-state index in [0.29, 0.717) is 5.11 Å². The Morgan fingerprint density at radius 2 is 2.19 bits per heavy atom. The molecule has 1 atom stereocenters. The van der Waals surface area contributed by atoms with Gasteiger partial charge in [0.25, 0.3) is 0 Å². The number of ether oxygens (including phenoxy) is 2. The van der Waals surface area contributed by atoms with Gasteiger partial charge in [0.15, 0.2) is 5.11 Å². The summed E-state index contributed by atoms with van der Waals surface area (Å²) in [5.74, 6) is -0.246. The molecule has 1 aromatic rings. The smallest absolute Gasteiger partial charge is 0.309 e. The lowest BCUT2D eigenvalue weighted by molar-refractivity contribution is -0.139. The second-order valence-corrected chi connectivity index (χ2v) is 5.33. The molecule has 0 unspecified atom stereocenters. The number of nitrogens with one attached hydrogen (secondary N) is 2. The minimum absolute atomic E-state index is 0.246. The molecule has 0 radical (unpaired) electrons. The van der Waals surface area contributed by atoms with Crippen LogP contribution in [-0.4, -0.2) is 37.4 Å². The normalized spacial score (nSPS) is 17.3. The lowest BCUT2D eigenvalue weighted by Gasteiger charge is -2.14. The lowest BCUT2D eigenvalue weighted by Crippen LogP contribution is -2.34. The lowest BCUT2D eigenvalue weighted by atomic mass is 10.1. The van der Waals surface area contributed by atoms with Gasteiger partial charge in [-0.3, -0.25) is 4.79 Å². The first kappa shape index (κ1) is 15.7. The topological polar surface area (TPSA) is 59.6 Å². The molecule has 1 saturated heterocycles. The van der Waals surface area contributed by atoms with Crippen LogP contribution in [-0.2, 0) is 20.7 Å². The van der Waals surface area contributed by atoms with Gasteiger partial charge in [0.1, 0.15) is 0 Å². The number of carbonyl (C=O) groups excluding carboxylic acids is 1. The van der Waals surface area contributed by atoms with Gasteiger partial charge in [-0.1, -0.05) is 12.1 Å². The van der Waals surface area contributed by atoms with Gasteiger partial charge in [0, 0.05) is 18.8 Å². The van der Waals surface area contributed by atoms with Crippen LogP contribution in [0, 0.1) is 0 Å². The third-order valence-electron chi connectivity index (χ3n) is 3.30. The van der Waals surface area contributed by atoms with Crippen LogP contribution in [0.2, 0.25) is 0 Å². The Balaban J connectivity index is 1.76. The third-order valence-corrected chi connectivity index (χ3v) is 3.55. The molecule has 1 aliphatic heterocycles. The number of rotatable bonds is 5. The predicted molar refractivity (Wildman–Crippen MR) is 85.4 cm³/mol. The summed E-state index contributed by atoms with van der Waals surface area (Å²) in [5, 5.41) is 6.83. The second kappa shape index (κ2) is 7.95. The van der Waals surface area contributed by atoms with E-state index in [9.17, 15) is 4.79 Å². The molecule has 0 amide bonds. The molecule has 0 aliphatic carbocycles. The first-order valence-corrected chi connectivity index (χ1v) is 7.40. The summed E-state index contributed by atoms with van der Waals surface area (Å²) in [7, 11) is 1.39. The SMILES string of the molecule is COC(=O)Cc1ccc(NC(=S)NC[C@@H]2CCCO2)cc1. The van der Waals surface area contributed by atoms with E-state index in [2.05, 4.69) is 15.4 Å². The molecule has 0 aromatic heterocycles. The van der Waals surface area contributed by atoms with Crippen LogP contribution in [0.4, 0.5) is 5.69 Å². The number of thiocarbonyl (C=S) groups is 1. The van der Waals surface area contributed by atoms with Crippen LogP contribution in [0.1, 0.15) is 18.4 Å². The molecule has 2 rings (SSSR count). The van der Waals surface area contributed by atoms with E-state index in [4.69, 9.17) is 17.0 Å². The fourth-order valence-electron chi connectivity index (χ4n) is 2.13. The first-order chi connectivity index (χ1) is 10.2. The molecular formula is C15H20N2O3S. The minimum atomic E-state index is -0.246. The zero-order chi connectivity index (χ0) is 15.1. The Morgan fingerprint density at radius 3 is 2.81 bits per heavy atom. The van der Waals surface area contributed by atoms with Gasteiger partial charge in [-0.15, -0.1) is 0 Å². The Hall–Kier alpha value is -1.66. The predicted octanol–water partition coefficient (Wildman–Crippen LogP) is 1.87. The summed E-state index contributed by atoms with van der Waals surface area (Å²) < 4.78 is 10.2. The fourth-order valence-corrected chi connectivity index (χ4v) is 2.33. The fraction of sp³-hybridized carbons (Fsp3) is 0.467. The molecule has 21 heavy (non-hydrogen) atoms. The number of hydrogen-bond donors (Lipinski definition) is 2. The molecular weight excluding hydrogens is 288 g/mol. The molecule has 0 bridgehead atoms. The van der Waals surface area contributed by atoms with Crippen LogP contribution in [0.5, 0.6) is 0 Å². The number of carbonyl (C=O) groups is 1. The van der Waals surface area contributed by atoms with Crippen molar-refractivity contribution in [1.82, 2.24) is 5.32 Å². The summed E-state index contributed by atoms with van der Waals surface area (Å²) >= 11 is 5.24. The Kier molecular flexibility index (Phi) is 5.95. The van der Waals surface area contributed by atoms with Crippen molar-refractivity contribution in [2.24, 2.45) is 0 Å². The van der Waals surface area contributed by atoms with Gasteiger partial charge in [-0.05, 0) is 42.8 Å². The maximum absolute atomic E-state index is 11.2. The number of benzene rings is 1. The monoisotopic (exact) mass is 308 g/mol. The molecule has 1 aliphatic rings. The standard InChI is InChI=1S/C15H20N2O3S/c1-19-14(18)9-11-4-6-12(7-5-11)17-15(21)16-10-13-3-2-8-20-13/h4-7,13H,2-3,8-10H2,1H3,(H2,16,17,21)/t13-/m0/s1. The number of hydrogen-bond acceptors (Lipinski definition) is 4. The van der Waals surface area contributed by atoms with Crippen molar-refractivity contribution < 1.29 is 14.3 Å². The zero-order valence-corrected chi connectivity index (χ0v) is 12.9. The highest BCUT2D eigenvalue weighted by molar-refractivity contribution is 7.80. The third kappa shape index (κ3) is 5.32. The van der Waals surface area contributed by atoms with Gasteiger partial charge in [0.05, 0.1) is 19.6 Å². The Morgan fingerprint density at radius 1 is 1.43 bits per heavy atom. The van der Waals surface area contributed by atoms with Gasteiger partial charge in [-0.25, -0.2) is 0 Å². The highest BCUT2D eigenvalue weighted by atomic mass is 32.1. The van der Waals surface area contributed by atoms with Crippen molar-refractivity contribution in [2.45, 2.75) is 25.4 Å². The summed E-state index contributed by atoms with van der Waals surface area (Å²) in [6, 6.07) is 7.53. The average Bonchev–Trinajstić information content (AvgIpc) is 3.00. The first-order valence-electron chi connectivity index (χ1n) is 6.99. The van der Waals surface area contributed by atoms with E-state index in [1.807, 2.05) is 24.3 Å². The van der Waals surface area contributed by atoms with Crippen molar-refractivity contribution >= 4 is 29.0 Å². The van der Waals surface area contributed by atoms with Crippen molar-refractivity contribution in [1.29, 1.82) is 0 Å². The van der Waals surface area contributed by atoms with Gasteiger partial charge in [-0.2, -0.15) is 0 Å². The molecule has 114 valence electrons. The average molecular weight is 308 g/mol. The van der Waals surface area contributed by atoms with Gasteiger partial charge >= 0.3 is 5.97 Å². The summed E-state index contributed by atoms with van der Waals surface area (Å²) in [5.41, 5.74) is 1.79. The Labute approximate surface area is 130 Å². The van der Waals surface area contributed by atoms with E-state index in [-0.39, 0.29) is 18.5 Å². The van der Waals surface area contributed by atoms with Crippen molar-refractivity contribution in [2.75, 3.05) is 25.6 Å². The summed E-state index contributed by atoms with van der Waals surface area (Å²) in [6.07, 6.45) is 2.73. The zero-order valence-electron chi connectivity index (χ0n) is 12.1. The largest absolute Gasteiger partial charge is 0.469 e. The van der Waals surface area contributed by atoms with Crippen molar-refractivity contribution in [3.63, 3.8) is 0 Å². The number of esters is 1. The van der Waals surface area contributed by atoms with E-state index < -0.39 is 0 Å². The highest BCUT2D eigenvalue weighted by Crippen LogP contribution is 2.12. The van der Waals surface area contributed by atoms with Crippen LogP contribution >= 0.6 is 12.2 Å². The molecule has 1 heterocycles. The molecule has 0 saturated carbocycles. The second-order valence-electron chi connectivity index (χ2n) is 4.92. The van der Waals surface area contributed by atoms with E-state index in [1.165, 1.54) is 7.11 Å². The summed E-state index contributed by atoms with van der Waals surface area (Å²) in [4.78, 5) is 11.2. The van der Waals surface area contributed by atoms with E-state index in [1.54, 1.807) is 0 Å². The van der Waals surface area contributed by atoms with Gasteiger partial charge < -0.3 is 20.1 Å². The van der Waals surface area contributed by atoms with E-state index in [0.717, 1.165) is 37.2 Å². The molecule has 6 heteroatoms. The van der Waals surface area contributed by atoms with Crippen LogP contribution < -0.4 is 10.6 Å². The number of methoxy groups -OCH3 is 1. The van der Waals surface area contributed by atoms with Crippen LogP contribution in [0.25, 0.3) is 0 Å². The molecule has 5 nitrogen and oxygen atoms in total. The van der Waals surface area contributed by atoms with E-state index >= 15 is 0 Å². The van der Waals surface area contributed by atoms with Crippen LogP contribution in [0.15, 0.2) is 24.3 Å².